The molecular formula is C33H62N8O8. The average Bonchev–Trinajstić information content (AvgIpc) is 2.97. The molecule has 0 bridgehead atoms. The van der Waals surface area contributed by atoms with Crippen molar-refractivity contribution in [2.75, 3.05) is 13.6 Å². The SMILES string of the molecule is CNC[C@@](C)(NC(=O)[C@H](CC(C)C)NC(=O)[C@H](C)NC(=O)[C@@H](N)C(C)C)C(=O)N[C@H](C(=O)N[C@@H](C)C(=O)N[C@@H](CC(C)C)C(=O)O)C(C)C. The Kier molecular flexibility index (Phi) is 19.1. The van der Waals surface area contributed by atoms with Gasteiger partial charge in [0, 0.05) is 6.54 Å². The van der Waals surface area contributed by atoms with Crippen LogP contribution in [0.1, 0.15) is 89.0 Å². The van der Waals surface area contributed by atoms with Gasteiger partial charge in [0.1, 0.15) is 35.7 Å². The normalized spacial score (nSPS) is 16.4. The first-order valence-corrected chi connectivity index (χ1v) is 16.9. The van der Waals surface area contributed by atoms with Crippen molar-refractivity contribution in [2.24, 2.45) is 29.4 Å². The number of hydrogen-bond acceptors (Lipinski definition) is 9. The van der Waals surface area contributed by atoms with Crippen LogP contribution in [0.5, 0.6) is 0 Å². The highest BCUT2D eigenvalue weighted by molar-refractivity contribution is 5.98. The van der Waals surface area contributed by atoms with Crippen LogP contribution in [0.3, 0.4) is 0 Å². The minimum absolute atomic E-state index is 0.00132. The van der Waals surface area contributed by atoms with Gasteiger partial charge in [0.2, 0.25) is 35.4 Å². The molecule has 7 atom stereocenters. The Morgan fingerprint density at radius 1 is 0.612 bits per heavy atom. The summed E-state index contributed by atoms with van der Waals surface area (Å²) < 4.78 is 0. The van der Waals surface area contributed by atoms with E-state index in [2.05, 4.69) is 37.2 Å². The molecule has 16 heteroatoms. The molecule has 0 aromatic carbocycles. The zero-order valence-electron chi connectivity index (χ0n) is 31.3. The molecule has 0 aromatic rings. The van der Waals surface area contributed by atoms with Gasteiger partial charge < -0.3 is 48.1 Å². The van der Waals surface area contributed by atoms with Crippen LogP contribution in [0, 0.1) is 23.7 Å². The molecule has 0 aromatic heterocycles. The Balaban J connectivity index is 5.88. The molecule has 0 heterocycles. The monoisotopic (exact) mass is 698 g/mol. The maximum absolute atomic E-state index is 13.7. The van der Waals surface area contributed by atoms with Gasteiger partial charge >= 0.3 is 5.97 Å². The van der Waals surface area contributed by atoms with Crippen LogP contribution in [0.25, 0.3) is 0 Å². The summed E-state index contributed by atoms with van der Waals surface area (Å²) in [4.78, 5) is 90.4. The van der Waals surface area contributed by atoms with Crippen molar-refractivity contribution in [3.8, 4) is 0 Å². The van der Waals surface area contributed by atoms with Gasteiger partial charge in [-0.3, -0.25) is 28.8 Å². The number of hydrogen-bond donors (Lipinski definition) is 9. The third-order valence-corrected chi connectivity index (χ3v) is 7.85. The Labute approximate surface area is 291 Å². The van der Waals surface area contributed by atoms with Crippen LogP contribution < -0.4 is 43.0 Å². The van der Waals surface area contributed by atoms with Gasteiger partial charge in [0.05, 0.1) is 6.04 Å². The summed E-state index contributed by atoms with van der Waals surface area (Å²) in [7, 11) is 1.58. The minimum Gasteiger partial charge on any atom is -0.480 e. The molecule has 0 spiro atoms. The summed E-state index contributed by atoms with van der Waals surface area (Å²) >= 11 is 0. The topological polar surface area (TPSA) is 250 Å². The summed E-state index contributed by atoms with van der Waals surface area (Å²) in [5.74, 6) is -5.69. The molecule has 0 fully saturated rings. The van der Waals surface area contributed by atoms with E-state index in [4.69, 9.17) is 5.73 Å². The van der Waals surface area contributed by atoms with Crippen LogP contribution in [-0.4, -0.2) is 102 Å². The zero-order valence-corrected chi connectivity index (χ0v) is 31.3. The first-order valence-electron chi connectivity index (χ1n) is 16.9. The lowest BCUT2D eigenvalue weighted by atomic mass is 9.95. The van der Waals surface area contributed by atoms with Crippen molar-refractivity contribution >= 4 is 41.4 Å². The number of likely N-dealkylation sites (N-methyl/N-ethyl adjacent to an activating group) is 1. The van der Waals surface area contributed by atoms with Crippen molar-refractivity contribution in [2.45, 2.75) is 131 Å². The number of rotatable bonds is 21. The maximum Gasteiger partial charge on any atom is 0.326 e. The smallest absolute Gasteiger partial charge is 0.326 e. The van der Waals surface area contributed by atoms with Gasteiger partial charge in [0.25, 0.3) is 0 Å². The highest BCUT2D eigenvalue weighted by Crippen LogP contribution is 2.12. The molecule has 0 aliphatic rings. The number of carbonyl (C=O) groups excluding carboxylic acids is 6. The lowest BCUT2D eigenvalue weighted by Crippen LogP contribution is -2.67. The van der Waals surface area contributed by atoms with Gasteiger partial charge in [-0.2, -0.15) is 0 Å². The van der Waals surface area contributed by atoms with Gasteiger partial charge in [-0.1, -0.05) is 55.4 Å². The molecule has 0 rings (SSSR count). The Morgan fingerprint density at radius 3 is 1.47 bits per heavy atom. The molecule has 6 amide bonds. The minimum atomic E-state index is -1.60. The predicted octanol–water partition coefficient (Wildman–Crippen LogP) is -0.639. The standard InChI is InChI=1S/C33H62N8O8/c1-16(2)13-22(38-26(42)20(9)36-29(45)24(34)18(5)6)28(44)41-33(11,15-35-12)32(49)40-25(19(7)8)30(46)37-21(10)27(43)39-23(31(47)48)14-17(3)4/h16-25,35H,13-15,34H2,1-12H3,(H,36,45)(H,37,46)(H,38,42)(H,39,43)(H,40,49)(H,41,44)(H,47,48)/t20-,21-,22-,23-,24-,25-,33+/m0/s1. The summed E-state index contributed by atoms with van der Waals surface area (Å²) in [6.07, 6.45) is 0.421. The van der Waals surface area contributed by atoms with E-state index < -0.39 is 89.1 Å². The van der Waals surface area contributed by atoms with Crippen LogP contribution in [0.4, 0.5) is 0 Å². The number of carboxylic acid groups (broad SMARTS) is 1. The summed E-state index contributed by atoms with van der Waals surface area (Å²) in [5, 5.41) is 27.9. The fourth-order valence-corrected chi connectivity index (χ4v) is 4.77. The second-order valence-corrected chi connectivity index (χ2v) is 14.5. The third-order valence-electron chi connectivity index (χ3n) is 7.85. The number of nitrogens with one attached hydrogen (secondary N) is 7. The van der Waals surface area contributed by atoms with E-state index in [1.807, 2.05) is 27.7 Å². The van der Waals surface area contributed by atoms with E-state index in [0.29, 0.717) is 0 Å². The van der Waals surface area contributed by atoms with Crippen molar-refractivity contribution in [1.82, 2.24) is 37.2 Å². The molecule has 0 aliphatic carbocycles. The van der Waals surface area contributed by atoms with E-state index in [0.717, 1.165) is 0 Å². The van der Waals surface area contributed by atoms with E-state index in [1.165, 1.54) is 20.8 Å². The van der Waals surface area contributed by atoms with Gasteiger partial charge in [-0.25, -0.2) is 4.79 Å². The first kappa shape index (κ1) is 45.2. The first-order chi connectivity index (χ1) is 22.5. The Bertz CT molecular complexity index is 1160. The number of carboxylic acids is 1. The summed E-state index contributed by atoms with van der Waals surface area (Å²) in [6.45, 7) is 18.6. The third kappa shape index (κ3) is 15.5. The summed E-state index contributed by atoms with van der Waals surface area (Å²) in [5.41, 5.74) is 4.29. The molecule has 10 N–H and O–H groups in total. The molecule has 0 aliphatic heterocycles. The predicted molar refractivity (Wildman–Crippen MR) is 186 cm³/mol. The quantitative estimate of drug-likeness (QED) is 0.0733. The van der Waals surface area contributed by atoms with Crippen LogP contribution in [-0.2, 0) is 33.6 Å². The van der Waals surface area contributed by atoms with Gasteiger partial charge in [-0.05, 0) is 64.3 Å². The van der Waals surface area contributed by atoms with Crippen LogP contribution in [0.2, 0.25) is 0 Å². The zero-order chi connectivity index (χ0) is 38.4. The number of amides is 6. The second kappa shape index (κ2) is 20.7. The van der Waals surface area contributed by atoms with Crippen molar-refractivity contribution in [1.29, 1.82) is 0 Å². The number of carbonyl (C=O) groups is 7. The fraction of sp³-hybridized carbons (Fsp3) is 0.788. The van der Waals surface area contributed by atoms with E-state index in [1.54, 1.807) is 34.7 Å². The van der Waals surface area contributed by atoms with Crippen molar-refractivity contribution < 1.29 is 38.7 Å². The van der Waals surface area contributed by atoms with E-state index in [9.17, 15) is 38.7 Å². The van der Waals surface area contributed by atoms with Crippen LogP contribution >= 0.6 is 0 Å². The molecule has 49 heavy (non-hydrogen) atoms. The fourth-order valence-electron chi connectivity index (χ4n) is 4.77. The Morgan fingerprint density at radius 2 is 1.06 bits per heavy atom. The maximum atomic E-state index is 13.7. The highest BCUT2D eigenvalue weighted by Gasteiger charge is 2.40. The number of nitrogens with two attached hydrogens (primary N) is 1. The van der Waals surface area contributed by atoms with Gasteiger partial charge in [0.15, 0.2) is 0 Å². The van der Waals surface area contributed by atoms with Gasteiger partial charge in [-0.15, -0.1) is 0 Å². The summed E-state index contributed by atoms with van der Waals surface area (Å²) in [6, 6.07) is -6.25. The largest absolute Gasteiger partial charge is 0.480 e. The molecule has 282 valence electrons. The average molecular weight is 699 g/mol. The van der Waals surface area contributed by atoms with Crippen LogP contribution in [0.15, 0.2) is 0 Å². The molecule has 0 radical (unpaired) electrons. The molecular weight excluding hydrogens is 636 g/mol. The number of aliphatic carboxylic acids is 1. The molecule has 0 saturated heterocycles. The molecule has 0 saturated carbocycles. The lowest BCUT2D eigenvalue weighted by Gasteiger charge is -2.34. The van der Waals surface area contributed by atoms with Crippen molar-refractivity contribution in [3.63, 3.8) is 0 Å². The molecule has 16 nitrogen and oxygen atoms in total. The van der Waals surface area contributed by atoms with Crippen molar-refractivity contribution in [3.05, 3.63) is 0 Å². The molecule has 0 unspecified atom stereocenters. The second-order valence-electron chi connectivity index (χ2n) is 14.5. The lowest BCUT2D eigenvalue weighted by molar-refractivity contribution is -0.142. The van der Waals surface area contributed by atoms with E-state index >= 15 is 0 Å². The highest BCUT2D eigenvalue weighted by atomic mass is 16.4. The van der Waals surface area contributed by atoms with E-state index in [-0.39, 0.29) is 37.1 Å². The Hall–Kier alpha value is -3.79.